The standard InChI is InChI=1S/C22H22N6O3/c29-21(30)15-6-16-10-24-22(26-17-4-3-14-11-25-28-18(14)8-17)27-20(16)19(7-15)31-12-13-2-1-5-23-9-13/h3-4,6-8,10-11,13,23H,1-2,5,9,12H2,(H,25,28)(H,29,30)(H,24,26,27). The molecule has 1 aliphatic rings. The number of nitrogens with zero attached hydrogens (tertiary/aromatic N) is 3. The van der Waals surface area contributed by atoms with Crippen LogP contribution in [-0.2, 0) is 0 Å². The number of carboxylic acids is 1. The van der Waals surface area contributed by atoms with Crippen molar-refractivity contribution >= 4 is 39.4 Å². The monoisotopic (exact) mass is 418 g/mol. The molecule has 0 bridgehead atoms. The van der Waals surface area contributed by atoms with E-state index in [1.54, 1.807) is 18.5 Å². The quantitative estimate of drug-likeness (QED) is 0.376. The van der Waals surface area contributed by atoms with Gasteiger partial charge in [0.2, 0.25) is 5.95 Å². The first-order valence-corrected chi connectivity index (χ1v) is 10.2. The van der Waals surface area contributed by atoms with Gasteiger partial charge in [0, 0.05) is 35.1 Å². The first-order valence-electron chi connectivity index (χ1n) is 10.2. The van der Waals surface area contributed by atoms with Gasteiger partial charge in [0.1, 0.15) is 11.3 Å². The van der Waals surface area contributed by atoms with Gasteiger partial charge < -0.3 is 20.5 Å². The Morgan fingerprint density at radius 3 is 3.00 bits per heavy atom. The van der Waals surface area contributed by atoms with E-state index in [1.165, 1.54) is 6.07 Å². The molecule has 0 saturated carbocycles. The second kappa shape index (κ2) is 8.19. The van der Waals surface area contributed by atoms with Crippen LogP contribution in [-0.4, -0.2) is 50.9 Å². The maximum atomic E-state index is 11.6. The fourth-order valence-electron chi connectivity index (χ4n) is 3.82. The van der Waals surface area contributed by atoms with E-state index in [1.807, 2.05) is 18.2 Å². The van der Waals surface area contributed by atoms with Crippen molar-refractivity contribution in [1.82, 2.24) is 25.5 Å². The molecule has 2 aromatic heterocycles. The van der Waals surface area contributed by atoms with Crippen LogP contribution in [0.15, 0.2) is 42.7 Å². The third kappa shape index (κ3) is 4.13. The van der Waals surface area contributed by atoms with Crippen molar-refractivity contribution < 1.29 is 14.6 Å². The minimum atomic E-state index is -1.01. The lowest BCUT2D eigenvalue weighted by Crippen LogP contribution is -2.33. The molecule has 4 N–H and O–H groups in total. The Labute approximate surface area is 177 Å². The van der Waals surface area contributed by atoms with Gasteiger partial charge in [0.05, 0.1) is 23.9 Å². The molecule has 1 aliphatic heterocycles. The minimum absolute atomic E-state index is 0.151. The Kier molecular flexibility index (Phi) is 5.09. The van der Waals surface area contributed by atoms with Crippen molar-refractivity contribution in [2.45, 2.75) is 12.8 Å². The first kappa shape index (κ1) is 19.3. The summed E-state index contributed by atoms with van der Waals surface area (Å²) < 4.78 is 6.07. The normalized spacial score (nSPS) is 16.5. The molecule has 9 heteroatoms. The van der Waals surface area contributed by atoms with E-state index in [4.69, 9.17) is 4.74 Å². The molecule has 3 heterocycles. The molecule has 9 nitrogen and oxygen atoms in total. The Balaban J connectivity index is 1.46. The summed E-state index contributed by atoms with van der Waals surface area (Å²) in [5.41, 5.74) is 2.45. The van der Waals surface area contributed by atoms with Crippen LogP contribution in [0.2, 0.25) is 0 Å². The number of hydrogen-bond acceptors (Lipinski definition) is 7. The Hall–Kier alpha value is -3.72. The number of carboxylic acid groups (broad SMARTS) is 1. The van der Waals surface area contributed by atoms with Gasteiger partial charge in [-0.15, -0.1) is 0 Å². The number of H-pyrrole nitrogens is 1. The van der Waals surface area contributed by atoms with Crippen LogP contribution in [0, 0.1) is 5.92 Å². The first-order chi connectivity index (χ1) is 15.2. The number of fused-ring (bicyclic) bond motifs is 2. The fraction of sp³-hybridized carbons (Fsp3) is 0.273. The number of hydrogen-bond donors (Lipinski definition) is 4. The van der Waals surface area contributed by atoms with E-state index < -0.39 is 5.97 Å². The minimum Gasteiger partial charge on any atom is -0.491 e. The number of rotatable bonds is 6. The highest BCUT2D eigenvalue weighted by atomic mass is 16.5. The van der Waals surface area contributed by atoms with E-state index in [0.717, 1.165) is 42.5 Å². The number of piperidine rings is 1. The van der Waals surface area contributed by atoms with Gasteiger partial charge in [-0.25, -0.2) is 14.8 Å². The van der Waals surface area contributed by atoms with Crippen LogP contribution in [0.5, 0.6) is 5.75 Å². The SMILES string of the molecule is O=C(O)c1cc(OCC2CCCNC2)c2nc(Nc3ccc4cn[nH]c4c3)ncc2c1. The lowest BCUT2D eigenvalue weighted by Gasteiger charge is -2.23. The van der Waals surface area contributed by atoms with Crippen LogP contribution in [0.25, 0.3) is 21.8 Å². The smallest absolute Gasteiger partial charge is 0.335 e. The molecule has 0 spiro atoms. The second-order valence-corrected chi connectivity index (χ2v) is 7.73. The zero-order chi connectivity index (χ0) is 21.2. The van der Waals surface area contributed by atoms with Crippen LogP contribution >= 0.6 is 0 Å². The molecule has 4 aromatic rings. The largest absolute Gasteiger partial charge is 0.491 e. The van der Waals surface area contributed by atoms with Crippen LogP contribution in [0.1, 0.15) is 23.2 Å². The molecule has 1 atom stereocenters. The Morgan fingerprint density at radius 1 is 1.23 bits per heavy atom. The predicted molar refractivity (Wildman–Crippen MR) is 117 cm³/mol. The average molecular weight is 418 g/mol. The molecule has 1 saturated heterocycles. The Bertz CT molecular complexity index is 1250. The fourth-order valence-corrected chi connectivity index (χ4v) is 3.82. The number of anilines is 2. The molecule has 0 aliphatic carbocycles. The zero-order valence-corrected chi connectivity index (χ0v) is 16.8. The highest BCUT2D eigenvalue weighted by molar-refractivity contribution is 5.96. The van der Waals surface area contributed by atoms with E-state index in [9.17, 15) is 9.90 Å². The van der Waals surface area contributed by atoms with Crippen molar-refractivity contribution in [1.29, 1.82) is 0 Å². The van der Waals surface area contributed by atoms with Crippen molar-refractivity contribution in [2.24, 2.45) is 5.92 Å². The van der Waals surface area contributed by atoms with Crippen molar-refractivity contribution in [3.63, 3.8) is 0 Å². The summed E-state index contributed by atoms with van der Waals surface area (Å²) in [6.07, 6.45) is 5.57. The van der Waals surface area contributed by atoms with E-state index >= 15 is 0 Å². The lowest BCUT2D eigenvalue weighted by atomic mass is 10.0. The summed E-state index contributed by atoms with van der Waals surface area (Å²) in [7, 11) is 0. The van der Waals surface area contributed by atoms with Gasteiger partial charge in [-0.05, 0) is 49.7 Å². The molecule has 1 fully saturated rings. The van der Waals surface area contributed by atoms with Gasteiger partial charge in [0.15, 0.2) is 0 Å². The number of ether oxygens (including phenoxy) is 1. The maximum absolute atomic E-state index is 11.6. The second-order valence-electron chi connectivity index (χ2n) is 7.73. The van der Waals surface area contributed by atoms with Crippen LogP contribution in [0.3, 0.4) is 0 Å². The van der Waals surface area contributed by atoms with Gasteiger partial charge >= 0.3 is 5.97 Å². The Morgan fingerprint density at radius 2 is 2.16 bits per heavy atom. The zero-order valence-electron chi connectivity index (χ0n) is 16.8. The highest BCUT2D eigenvalue weighted by Gasteiger charge is 2.17. The molecule has 0 radical (unpaired) electrons. The third-order valence-electron chi connectivity index (χ3n) is 5.47. The highest BCUT2D eigenvalue weighted by Crippen LogP contribution is 2.29. The lowest BCUT2D eigenvalue weighted by molar-refractivity contribution is 0.0696. The number of nitrogens with one attached hydrogen (secondary N) is 3. The van der Waals surface area contributed by atoms with Crippen LogP contribution < -0.4 is 15.4 Å². The topological polar surface area (TPSA) is 125 Å². The van der Waals surface area contributed by atoms with E-state index in [-0.39, 0.29) is 5.56 Å². The number of carbonyl (C=O) groups is 1. The van der Waals surface area contributed by atoms with Gasteiger partial charge in [-0.1, -0.05) is 0 Å². The van der Waals surface area contributed by atoms with E-state index in [2.05, 4.69) is 30.8 Å². The van der Waals surface area contributed by atoms with Crippen molar-refractivity contribution in [3.8, 4) is 5.75 Å². The average Bonchev–Trinajstić information content (AvgIpc) is 3.26. The molecule has 0 amide bonds. The number of aromatic amines is 1. The number of aromatic nitrogens is 4. The molecular formula is C22H22N6O3. The molecule has 5 rings (SSSR count). The van der Waals surface area contributed by atoms with Gasteiger partial charge in [-0.3, -0.25) is 5.10 Å². The maximum Gasteiger partial charge on any atom is 0.335 e. The summed E-state index contributed by atoms with van der Waals surface area (Å²) in [6, 6.07) is 8.90. The van der Waals surface area contributed by atoms with Gasteiger partial charge in [-0.2, -0.15) is 5.10 Å². The van der Waals surface area contributed by atoms with Crippen molar-refractivity contribution in [2.75, 3.05) is 25.0 Å². The number of aromatic carboxylic acids is 1. The molecule has 2 aromatic carbocycles. The summed E-state index contributed by atoms with van der Waals surface area (Å²) in [5, 5.41) is 24.6. The number of benzene rings is 2. The van der Waals surface area contributed by atoms with Gasteiger partial charge in [0.25, 0.3) is 0 Å². The molecule has 158 valence electrons. The van der Waals surface area contributed by atoms with Crippen molar-refractivity contribution in [3.05, 3.63) is 48.3 Å². The summed E-state index contributed by atoms with van der Waals surface area (Å²) in [6.45, 7) is 2.43. The summed E-state index contributed by atoms with van der Waals surface area (Å²) in [4.78, 5) is 20.5. The molecular weight excluding hydrogens is 396 g/mol. The summed E-state index contributed by atoms with van der Waals surface area (Å²) in [5.74, 6) is 0.229. The predicted octanol–water partition coefficient (Wildman–Crippen LogP) is 3.33. The third-order valence-corrected chi connectivity index (χ3v) is 5.47. The molecule has 1 unspecified atom stereocenters. The molecule has 31 heavy (non-hydrogen) atoms. The summed E-state index contributed by atoms with van der Waals surface area (Å²) >= 11 is 0. The van der Waals surface area contributed by atoms with Crippen LogP contribution in [0.4, 0.5) is 11.6 Å². The van der Waals surface area contributed by atoms with E-state index in [0.29, 0.717) is 35.1 Å².